The molecule has 1 aliphatic heterocycles. The van der Waals surface area contributed by atoms with E-state index in [4.69, 9.17) is 4.74 Å². The second kappa shape index (κ2) is 6.90. The third kappa shape index (κ3) is 4.90. The molecule has 2 rings (SSSR count). The lowest BCUT2D eigenvalue weighted by molar-refractivity contribution is 0.0206. The fourth-order valence-electron chi connectivity index (χ4n) is 2.56. The molecular formula is C17H25BrN2O2. The molecule has 0 spiro atoms. The molecule has 1 aliphatic rings. The largest absolute Gasteiger partial charge is 0.444 e. The minimum Gasteiger partial charge on any atom is -0.444 e. The summed E-state index contributed by atoms with van der Waals surface area (Å²) in [4.78, 5) is 14.0. The van der Waals surface area contributed by atoms with E-state index < -0.39 is 5.60 Å². The molecule has 1 atom stereocenters. The van der Waals surface area contributed by atoms with Gasteiger partial charge in [-0.25, -0.2) is 4.79 Å². The van der Waals surface area contributed by atoms with Crippen LogP contribution in [0.15, 0.2) is 22.7 Å². The maximum absolute atomic E-state index is 12.2. The van der Waals surface area contributed by atoms with Gasteiger partial charge >= 0.3 is 6.09 Å². The fraction of sp³-hybridized carbons (Fsp3) is 0.588. The highest BCUT2D eigenvalue weighted by molar-refractivity contribution is 9.10. The summed E-state index contributed by atoms with van der Waals surface area (Å²) in [5.74, 6) is 0. The Bertz CT molecular complexity index is 540. The van der Waals surface area contributed by atoms with Crippen molar-refractivity contribution in [1.82, 2.24) is 4.90 Å². The Balaban J connectivity index is 1.98. The quantitative estimate of drug-likeness (QED) is 0.830. The molecule has 4 nitrogen and oxygen atoms in total. The third-order valence-corrected chi connectivity index (χ3v) is 4.13. The SMILES string of the molecule is Cc1ccc(Br)cc1NC1CCCN(C(=O)OC(C)(C)C)C1. The van der Waals surface area contributed by atoms with Crippen molar-refractivity contribution in [2.45, 2.75) is 52.2 Å². The summed E-state index contributed by atoms with van der Waals surface area (Å²) in [7, 11) is 0. The van der Waals surface area contributed by atoms with Crippen LogP contribution in [-0.2, 0) is 4.74 Å². The number of carbonyl (C=O) groups is 1. The minimum absolute atomic E-state index is 0.218. The maximum Gasteiger partial charge on any atom is 0.410 e. The number of halogens is 1. The smallest absolute Gasteiger partial charge is 0.410 e. The van der Waals surface area contributed by atoms with Crippen molar-refractivity contribution in [3.8, 4) is 0 Å². The number of nitrogens with zero attached hydrogens (tertiary/aromatic N) is 1. The first kappa shape index (κ1) is 17.1. The normalized spacial score (nSPS) is 19.0. The van der Waals surface area contributed by atoms with E-state index in [9.17, 15) is 4.79 Å². The third-order valence-electron chi connectivity index (χ3n) is 3.63. The summed E-state index contributed by atoms with van der Waals surface area (Å²) in [5.41, 5.74) is 1.88. The summed E-state index contributed by atoms with van der Waals surface area (Å²) >= 11 is 3.50. The molecule has 0 aliphatic carbocycles. The number of anilines is 1. The Labute approximate surface area is 141 Å². The van der Waals surface area contributed by atoms with Gasteiger partial charge in [-0.05, 0) is 58.2 Å². The van der Waals surface area contributed by atoms with Gasteiger partial charge in [0.15, 0.2) is 0 Å². The van der Waals surface area contributed by atoms with Crippen molar-refractivity contribution in [3.63, 3.8) is 0 Å². The lowest BCUT2D eigenvalue weighted by Crippen LogP contribution is -2.47. The molecule has 0 saturated carbocycles. The lowest BCUT2D eigenvalue weighted by Gasteiger charge is -2.35. The second-order valence-corrected chi connectivity index (χ2v) is 7.78. The zero-order chi connectivity index (χ0) is 16.3. The number of aryl methyl sites for hydroxylation is 1. The molecule has 1 aromatic carbocycles. The summed E-state index contributed by atoms with van der Waals surface area (Å²) in [5, 5.41) is 3.56. The van der Waals surface area contributed by atoms with Crippen LogP contribution in [0.5, 0.6) is 0 Å². The number of likely N-dealkylation sites (tertiary alicyclic amines) is 1. The number of benzene rings is 1. The zero-order valence-corrected chi connectivity index (χ0v) is 15.4. The van der Waals surface area contributed by atoms with E-state index in [0.29, 0.717) is 6.54 Å². The van der Waals surface area contributed by atoms with Crippen LogP contribution < -0.4 is 5.32 Å². The van der Waals surface area contributed by atoms with Crippen LogP contribution in [-0.4, -0.2) is 35.7 Å². The zero-order valence-electron chi connectivity index (χ0n) is 13.8. The molecule has 1 amide bonds. The molecule has 1 saturated heterocycles. The minimum atomic E-state index is -0.446. The molecule has 1 fully saturated rings. The number of carbonyl (C=O) groups excluding carboxylic acids is 1. The topological polar surface area (TPSA) is 41.6 Å². The van der Waals surface area contributed by atoms with Gasteiger partial charge < -0.3 is 15.0 Å². The molecule has 1 N–H and O–H groups in total. The number of hydrogen-bond donors (Lipinski definition) is 1. The van der Waals surface area contributed by atoms with Crippen LogP contribution in [0.2, 0.25) is 0 Å². The highest BCUT2D eigenvalue weighted by Crippen LogP contribution is 2.24. The van der Waals surface area contributed by atoms with Gasteiger partial charge in [0.25, 0.3) is 0 Å². The van der Waals surface area contributed by atoms with Gasteiger partial charge in [-0.3, -0.25) is 0 Å². The van der Waals surface area contributed by atoms with Gasteiger partial charge in [0.2, 0.25) is 0 Å². The summed E-state index contributed by atoms with van der Waals surface area (Å²) in [6.45, 7) is 9.23. The van der Waals surface area contributed by atoms with Crippen LogP contribution in [0.3, 0.4) is 0 Å². The highest BCUT2D eigenvalue weighted by atomic mass is 79.9. The molecule has 1 heterocycles. The first-order valence-corrected chi connectivity index (χ1v) is 8.54. The predicted octanol–water partition coefficient (Wildman–Crippen LogP) is 4.57. The second-order valence-electron chi connectivity index (χ2n) is 6.87. The summed E-state index contributed by atoms with van der Waals surface area (Å²) in [6.07, 6.45) is 1.83. The monoisotopic (exact) mass is 368 g/mol. The Kier molecular flexibility index (Phi) is 5.37. The van der Waals surface area contributed by atoms with Gasteiger partial charge in [0, 0.05) is 29.3 Å². The molecule has 0 bridgehead atoms. The van der Waals surface area contributed by atoms with E-state index >= 15 is 0 Å². The average Bonchev–Trinajstić information content (AvgIpc) is 2.41. The maximum atomic E-state index is 12.2. The highest BCUT2D eigenvalue weighted by Gasteiger charge is 2.27. The Morgan fingerprint density at radius 2 is 2.14 bits per heavy atom. The lowest BCUT2D eigenvalue weighted by atomic mass is 10.0. The molecule has 0 radical (unpaired) electrons. The van der Waals surface area contributed by atoms with E-state index in [1.165, 1.54) is 5.56 Å². The van der Waals surface area contributed by atoms with Crippen LogP contribution in [0.1, 0.15) is 39.2 Å². The molecule has 22 heavy (non-hydrogen) atoms. The predicted molar refractivity (Wildman–Crippen MR) is 93.3 cm³/mol. The van der Waals surface area contributed by atoms with E-state index in [1.807, 2.05) is 26.8 Å². The van der Waals surface area contributed by atoms with Crippen molar-refractivity contribution < 1.29 is 9.53 Å². The number of nitrogens with one attached hydrogen (secondary N) is 1. The Hall–Kier alpha value is -1.23. The van der Waals surface area contributed by atoms with Crippen LogP contribution >= 0.6 is 15.9 Å². The van der Waals surface area contributed by atoms with Gasteiger partial charge in [-0.1, -0.05) is 22.0 Å². The number of rotatable bonds is 2. The number of hydrogen-bond acceptors (Lipinski definition) is 3. The molecular weight excluding hydrogens is 344 g/mol. The molecule has 1 unspecified atom stereocenters. The Morgan fingerprint density at radius 3 is 2.82 bits per heavy atom. The van der Waals surface area contributed by atoms with Gasteiger partial charge in [0.05, 0.1) is 0 Å². The summed E-state index contributed by atoms with van der Waals surface area (Å²) < 4.78 is 6.53. The average molecular weight is 369 g/mol. The van der Waals surface area contributed by atoms with Gasteiger partial charge in [-0.2, -0.15) is 0 Å². The molecule has 0 aromatic heterocycles. The molecule has 1 aromatic rings. The van der Waals surface area contributed by atoms with Crippen molar-refractivity contribution in [3.05, 3.63) is 28.2 Å². The first-order chi connectivity index (χ1) is 10.2. The number of ether oxygens (including phenoxy) is 1. The van der Waals surface area contributed by atoms with Crippen molar-refractivity contribution >= 4 is 27.7 Å². The molecule has 122 valence electrons. The van der Waals surface area contributed by atoms with E-state index in [1.54, 1.807) is 4.90 Å². The van der Waals surface area contributed by atoms with E-state index in [0.717, 1.165) is 29.5 Å². The molecule has 5 heteroatoms. The summed E-state index contributed by atoms with van der Waals surface area (Å²) in [6, 6.07) is 6.46. The van der Waals surface area contributed by atoms with Gasteiger partial charge in [-0.15, -0.1) is 0 Å². The van der Waals surface area contributed by atoms with Crippen LogP contribution in [0.4, 0.5) is 10.5 Å². The standard InChI is InChI=1S/C17H25BrN2O2/c1-12-7-8-13(18)10-15(12)19-14-6-5-9-20(11-14)16(21)22-17(2,3)4/h7-8,10,14,19H,5-6,9,11H2,1-4H3. The van der Waals surface area contributed by atoms with Crippen LogP contribution in [0, 0.1) is 6.92 Å². The Morgan fingerprint density at radius 1 is 1.41 bits per heavy atom. The van der Waals surface area contributed by atoms with E-state index in [-0.39, 0.29) is 12.1 Å². The van der Waals surface area contributed by atoms with Crippen molar-refractivity contribution in [2.75, 3.05) is 18.4 Å². The van der Waals surface area contributed by atoms with Crippen molar-refractivity contribution in [1.29, 1.82) is 0 Å². The fourth-order valence-corrected chi connectivity index (χ4v) is 2.92. The van der Waals surface area contributed by atoms with E-state index in [2.05, 4.69) is 40.3 Å². The van der Waals surface area contributed by atoms with Crippen LogP contribution in [0.25, 0.3) is 0 Å². The number of amides is 1. The van der Waals surface area contributed by atoms with Gasteiger partial charge in [0.1, 0.15) is 5.60 Å². The number of piperidine rings is 1. The van der Waals surface area contributed by atoms with Crippen molar-refractivity contribution in [2.24, 2.45) is 0 Å². The first-order valence-electron chi connectivity index (χ1n) is 7.75.